The number of aryl methyl sites for hydroxylation is 2. The molecule has 1 aromatic carbocycles. The van der Waals surface area contributed by atoms with Gasteiger partial charge in [-0.25, -0.2) is 0 Å². The number of esters is 1. The lowest BCUT2D eigenvalue weighted by Crippen LogP contribution is -2.09. The Bertz CT molecular complexity index is 387. The van der Waals surface area contributed by atoms with Crippen molar-refractivity contribution in [3.8, 4) is 5.75 Å². The Hall–Kier alpha value is -1.51. The third-order valence-corrected chi connectivity index (χ3v) is 2.90. The van der Waals surface area contributed by atoms with Gasteiger partial charge in [-0.15, -0.1) is 0 Å². The number of benzene rings is 1. The summed E-state index contributed by atoms with van der Waals surface area (Å²) in [4.78, 5) is 11.2. The second-order valence-electron chi connectivity index (χ2n) is 4.29. The molecule has 0 unspecified atom stereocenters. The summed E-state index contributed by atoms with van der Waals surface area (Å²) in [6.45, 7) is 8.91. The largest absolute Gasteiger partial charge is 0.493 e. The molecule has 0 aromatic heterocycles. The van der Waals surface area contributed by atoms with E-state index in [0.717, 1.165) is 12.2 Å². The van der Waals surface area contributed by atoms with Crippen LogP contribution in [0.25, 0.3) is 0 Å². The molecule has 0 aliphatic heterocycles. The zero-order chi connectivity index (χ0) is 13.5. The Kier molecular flexibility index (Phi) is 5.69. The van der Waals surface area contributed by atoms with Gasteiger partial charge in [-0.2, -0.15) is 0 Å². The summed E-state index contributed by atoms with van der Waals surface area (Å²) in [5.74, 6) is 0.614. The average molecular weight is 250 g/mol. The molecule has 0 aliphatic rings. The number of hydrogen-bond donors (Lipinski definition) is 0. The van der Waals surface area contributed by atoms with Crippen LogP contribution >= 0.6 is 0 Å². The molecule has 3 nitrogen and oxygen atoms in total. The van der Waals surface area contributed by atoms with E-state index in [-0.39, 0.29) is 5.97 Å². The molecular formula is C15H22O3. The Balaban J connectivity index is 2.56. The molecule has 0 heterocycles. The zero-order valence-corrected chi connectivity index (χ0v) is 11.7. The molecule has 0 radical (unpaired) electrons. The lowest BCUT2D eigenvalue weighted by molar-refractivity contribution is -0.143. The number of hydrogen-bond acceptors (Lipinski definition) is 3. The van der Waals surface area contributed by atoms with Gasteiger partial charge in [0, 0.05) is 0 Å². The van der Waals surface area contributed by atoms with Crippen LogP contribution in [0.5, 0.6) is 5.75 Å². The summed E-state index contributed by atoms with van der Waals surface area (Å²) >= 11 is 0. The third-order valence-electron chi connectivity index (χ3n) is 2.90. The summed E-state index contributed by atoms with van der Waals surface area (Å²) in [7, 11) is 0. The van der Waals surface area contributed by atoms with Gasteiger partial charge in [0.1, 0.15) is 5.75 Å². The van der Waals surface area contributed by atoms with Gasteiger partial charge in [0.05, 0.1) is 19.6 Å². The first kappa shape index (κ1) is 14.6. The van der Waals surface area contributed by atoms with Crippen molar-refractivity contribution in [3.63, 3.8) is 0 Å². The van der Waals surface area contributed by atoms with Crippen LogP contribution < -0.4 is 4.74 Å². The van der Waals surface area contributed by atoms with E-state index in [4.69, 9.17) is 9.47 Å². The van der Waals surface area contributed by atoms with Crippen LogP contribution in [0.2, 0.25) is 0 Å². The van der Waals surface area contributed by atoms with E-state index in [9.17, 15) is 4.79 Å². The van der Waals surface area contributed by atoms with E-state index in [1.54, 1.807) is 6.92 Å². The molecule has 1 aromatic rings. The normalized spacial score (nSPS) is 10.2. The lowest BCUT2D eigenvalue weighted by Gasteiger charge is -2.12. The van der Waals surface area contributed by atoms with Crippen LogP contribution in [0.1, 0.15) is 37.0 Å². The van der Waals surface area contributed by atoms with Gasteiger partial charge < -0.3 is 9.47 Å². The average Bonchev–Trinajstić information content (AvgIpc) is 2.29. The monoisotopic (exact) mass is 250 g/mol. The Labute approximate surface area is 109 Å². The van der Waals surface area contributed by atoms with Gasteiger partial charge in [0.15, 0.2) is 0 Å². The van der Waals surface area contributed by atoms with Crippen molar-refractivity contribution in [3.05, 3.63) is 28.8 Å². The second kappa shape index (κ2) is 7.04. The molecule has 0 aliphatic carbocycles. The van der Waals surface area contributed by atoms with Crippen LogP contribution in [-0.4, -0.2) is 19.2 Å². The van der Waals surface area contributed by atoms with Crippen LogP contribution in [0.4, 0.5) is 0 Å². The maximum Gasteiger partial charge on any atom is 0.309 e. The quantitative estimate of drug-likeness (QED) is 0.727. The molecule has 3 heteroatoms. The van der Waals surface area contributed by atoms with Gasteiger partial charge in [0.2, 0.25) is 0 Å². The van der Waals surface area contributed by atoms with Crippen molar-refractivity contribution < 1.29 is 14.3 Å². The summed E-state index contributed by atoms with van der Waals surface area (Å²) < 4.78 is 10.4. The molecule has 0 atom stereocenters. The Morgan fingerprint density at radius 2 is 1.78 bits per heavy atom. The summed E-state index contributed by atoms with van der Waals surface area (Å²) in [6, 6.07) is 4.05. The highest BCUT2D eigenvalue weighted by Gasteiger charge is 2.06. The molecule has 0 fully saturated rings. The van der Waals surface area contributed by atoms with Crippen LogP contribution in [0, 0.1) is 13.8 Å². The van der Waals surface area contributed by atoms with Crippen molar-refractivity contribution >= 4 is 5.97 Å². The predicted molar refractivity (Wildman–Crippen MR) is 72.0 cm³/mol. The molecule has 0 N–H and O–H groups in total. The zero-order valence-electron chi connectivity index (χ0n) is 11.7. The highest BCUT2D eigenvalue weighted by atomic mass is 16.5. The summed E-state index contributed by atoms with van der Waals surface area (Å²) in [5.41, 5.74) is 3.85. The van der Waals surface area contributed by atoms with Crippen molar-refractivity contribution in [2.24, 2.45) is 0 Å². The highest BCUT2D eigenvalue weighted by Crippen LogP contribution is 2.22. The first-order valence-electron chi connectivity index (χ1n) is 6.47. The van der Waals surface area contributed by atoms with E-state index >= 15 is 0 Å². The van der Waals surface area contributed by atoms with Crippen molar-refractivity contribution in [2.75, 3.05) is 13.2 Å². The Morgan fingerprint density at radius 3 is 2.28 bits per heavy atom. The molecular weight excluding hydrogens is 228 g/mol. The first-order chi connectivity index (χ1) is 8.58. The van der Waals surface area contributed by atoms with Gasteiger partial charge >= 0.3 is 5.97 Å². The fraction of sp³-hybridized carbons (Fsp3) is 0.533. The number of carbonyl (C=O) groups is 1. The number of carbonyl (C=O) groups excluding carboxylic acids is 1. The van der Waals surface area contributed by atoms with Gasteiger partial charge in [-0.1, -0.05) is 6.92 Å². The van der Waals surface area contributed by atoms with E-state index in [0.29, 0.717) is 19.6 Å². The standard InChI is InChI=1S/C15H22O3/c1-5-14-11(3)9-13(10-12(14)4)18-8-7-15(16)17-6-2/h9-10H,5-8H2,1-4H3. The minimum absolute atomic E-state index is 0.212. The minimum atomic E-state index is -0.212. The predicted octanol–water partition coefficient (Wildman–Crippen LogP) is 3.20. The van der Waals surface area contributed by atoms with Gasteiger partial charge in [0.25, 0.3) is 0 Å². The molecule has 0 saturated carbocycles. The van der Waals surface area contributed by atoms with Crippen LogP contribution in [0.3, 0.4) is 0 Å². The molecule has 100 valence electrons. The fourth-order valence-corrected chi connectivity index (χ4v) is 2.08. The van der Waals surface area contributed by atoms with E-state index < -0.39 is 0 Å². The topological polar surface area (TPSA) is 35.5 Å². The first-order valence-corrected chi connectivity index (χ1v) is 6.47. The SMILES string of the molecule is CCOC(=O)CCOc1cc(C)c(CC)c(C)c1. The second-order valence-corrected chi connectivity index (χ2v) is 4.29. The maximum absolute atomic E-state index is 11.2. The molecule has 0 amide bonds. The highest BCUT2D eigenvalue weighted by molar-refractivity contribution is 5.69. The number of ether oxygens (including phenoxy) is 2. The molecule has 1 rings (SSSR count). The van der Waals surface area contributed by atoms with Crippen molar-refractivity contribution in [1.82, 2.24) is 0 Å². The smallest absolute Gasteiger partial charge is 0.309 e. The lowest BCUT2D eigenvalue weighted by atomic mass is 10.0. The minimum Gasteiger partial charge on any atom is -0.493 e. The van der Waals surface area contributed by atoms with Gasteiger partial charge in [-0.3, -0.25) is 4.79 Å². The number of rotatable bonds is 6. The summed E-state index contributed by atoms with van der Waals surface area (Å²) in [5, 5.41) is 0. The van der Waals surface area contributed by atoms with E-state index in [1.165, 1.54) is 16.7 Å². The maximum atomic E-state index is 11.2. The van der Waals surface area contributed by atoms with E-state index in [2.05, 4.69) is 20.8 Å². The van der Waals surface area contributed by atoms with Crippen molar-refractivity contribution in [1.29, 1.82) is 0 Å². The molecule has 0 spiro atoms. The van der Waals surface area contributed by atoms with Crippen LogP contribution in [0.15, 0.2) is 12.1 Å². The Morgan fingerprint density at radius 1 is 1.17 bits per heavy atom. The van der Waals surface area contributed by atoms with Crippen molar-refractivity contribution in [2.45, 2.75) is 40.5 Å². The molecule has 18 heavy (non-hydrogen) atoms. The third kappa shape index (κ3) is 4.06. The van der Waals surface area contributed by atoms with Gasteiger partial charge in [-0.05, 0) is 56.0 Å². The fourth-order valence-electron chi connectivity index (χ4n) is 2.08. The van der Waals surface area contributed by atoms with E-state index in [1.807, 2.05) is 12.1 Å². The summed E-state index contributed by atoms with van der Waals surface area (Å²) in [6.07, 6.45) is 1.32. The molecule has 0 saturated heterocycles. The van der Waals surface area contributed by atoms with Crippen LogP contribution in [-0.2, 0) is 16.0 Å². The molecule has 0 bridgehead atoms.